The average molecular weight is 163 g/mol. The number of nitrogens with two attached hydrogens (primary N) is 1. The van der Waals surface area contributed by atoms with Gasteiger partial charge >= 0.3 is 0 Å². The highest BCUT2D eigenvalue weighted by Gasteiger charge is 2.02. The molecule has 0 saturated heterocycles. The topological polar surface area (TPSA) is 52.5 Å². The largest absolute Gasteiger partial charge is 0.482 e. The van der Waals surface area contributed by atoms with E-state index in [4.69, 9.17) is 10.5 Å². The van der Waals surface area contributed by atoms with Gasteiger partial charge in [0.15, 0.2) is 0 Å². The summed E-state index contributed by atoms with van der Waals surface area (Å²) in [6.07, 6.45) is 1.61. The van der Waals surface area contributed by atoms with Crippen molar-refractivity contribution in [1.29, 1.82) is 0 Å². The van der Waals surface area contributed by atoms with Crippen molar-refractivity contribution in [3.63, 3.8) is 0 Å². The van der Waals surface area contributed by atoms with Gasteiger partial charge < -0.3 is 10.5 Å². The highest BCUT2D eigenvalue weighted by Crippen LogP contribution is 2.17. The van der Waals surface area contributed by atoms with Crippen molar-refractivity contribution < 1.29 is 4.74 Å². The molecular weight excluding hydrogens is 154 g/mol. The van der Waals surface area contributed by atoms with Crippen LogP contribution in [0.15, 0.2) is 24.4 Å². The molecule has 0 unspecified atom stereocenters. The summed E-state index contributed by atoms with van der Waals surface area (Å²) < 4.78 is 6.86. The zero-order valence-corrected chi connectivity index (χ0v) is 6.69. The van der Waals surface area contributed by atoms with E-state index in [0.29, 0.717) is 11.7 Å². The molecule has 2 rings (SSSR count). The third kappa shape index (κ3) is 0.812. The maximum atomic E-state index is 5.67. The van der Waals surface area contributed by atoms with E-state index in [2.05, 4.69) is 4.98 Å². The van der Waals surface area contributed by atoms with Gasteiger partial charge in [-0.05, 0) is 12.1 Å². The molecule has 0 spiro atoms. The predicted octanol–water partition coefficient (Wildman–Crippen LogP) is 0.925. The molecule has 2 aromatic heterocycles. The normalized spacial score (nSPS) is 10.4. The molecule has 0 saturated carbocycles. The minimum atomic E-state index is 0.586. The van der Waals surface area contributed by atoms with Gasteiger partial charge in [-0.25, -0.2) is 9.38 Å². The summed E-state index contributed by atoms with van der Waals surface area (Å²) in [5.74, 6) is 1.28. The first kappa shape index (κ1) is 6.97. The van der Waals surface area contributed by atoms with Crippen molar-refractivity contribution in [2.45, 2.75) is 0 Å². The van der Waals surface area contributed by atoms with Crippen molar-refractivity contribution in [1.82, 2.24) is 9.38 Å². The number of aromatic nitrogens is 2. The van der Waals surface area contributed by atoms with Crippen LogP contribution in [0.5, 0.6) is 5.88 Å². The van der Waals surface area contributed by atoms with E-state index < -0.39 is 0 Å². The van der Waals surface area contributed by atoms with Gasteiger partial charge in [0.05, 0.1) is 13.3 Å². The van der Waals surface area contributed by atoms with Crippen LogP contribution in [0.3, 0.4) is 0 Å². The lowest BCUT2D eigenvalue weighted by atomic mass is 10.4. The summed E-state index contributed by atoms with van der Waals surface area (Å²) in [4.78, 5) is 4.08. The van der Waals surface area contributed by atoms with Crippen LogP contribution < -0.4 is 10.5 Å². The van der Waals surface area contributed by atoms with Gasteiger partial charge in [-0.2, -0.15) is 0 Å². The van der Waals surface area contributed by atoms with Gasteiger partial charge in [-0.3, -0.25) is 0 Å². The Morgan fingerprint density at radius 3 is 3.08 bits per heavy atom. The zero-order chi connectivity index (χ0) is 8.55. The molecule has 0 radical (unpaired) electrons. The number of nitrogen functional groups attached to an aromatic ring is 1. The quantitative estimate of drug-likeness (QED) is 0.680. The molecule has 4 heteroatoms. The second-order valence-corrected chi connectivity index (χ2v) is 2.44. The molecule has 12 heavy (non-hydrogen) atoms. The minimum Gasteiger partial charge on any atom is -0.482 e. The number of methoxy groups -OCH3 is 1. The Morgan fingerprint density at radius 2 is 2.33 bits per heavy atom. The Labute approximate surface area is 69.6 Å². The van der Waals surface area contributed by atoms with E-state index >= 15 is 0 Å². The van der Waals surface area contributed by atoms with Crippen LogP contribution in [-0.2, 0) is 0 Å². The summed E-state index contributed by atoms with van der Waals surface area (Å²) in [6, 6.07) is 5.59. The minimum absolute atomic E-state index is 0.586. The number of hydrogen-bond acceptors (Lipinski definition) is 3. The third-order valence-electron chi connectivity index (χ3n) is 1.73. The zero-order valence-electron chi connectivity index (χ0n) is 6.69. The number of rotatable bonds is 1. The average Bonchev–Trinajstić information content (AvgIpc) is 2.48. The van der Waals surface area contributed by atoms with Crippen molar-refractivity contribution in [2.24, 2.45) is 0 Å². The van der Waals surface area contributed by atoms with Gasteiger partial charge in [0.2, 0.25) is 5.88 Å². The molecule has 0 fully saturated rings. The molecule has 0 aliphatic rings. The molecule has 0 aliphatic heterocycles. The number of fused-ring (bicyclic) bond motifs is 1. The van der Waals surface area contributed by atoms with Crippen LogP contribution in [0.2, 0.25) is 0 Å². The van der Waals surface area contributed by atoms with Gasteiger partial charge in [-0.1, -0.05) is 6.07 Å². The van der Waals surface area contributed by atoms with E-state index in [1.165, 1.54) is 0 Å². The highest BCUT2D eigenvalue weighted by molar-refractivity contribution is 5.50. The number of hydrogen-bond donors (Lipinski definition) is 1. The predicted molar refractivity (Wildman–Crippen MR) is 46.2 cm³/mol. The summed E-state index contributed by atoms with van der Waals surface area (Å²) in [6.45, 7) is 0. The molecule has 0 aromatic carbocycles. The lowest BCUT2D eigenvalue weighted by molar-refractivity contribution is 0.393. The van der Waals surface area contributed by atoms with Crippen molar-refractivity contribution >= 4 is 11.5 Å². The van der Waals surface area contributed by atoms with Crippen LogP contribution in [0.1, 0.15) is 0 Å². The monoisotopic (exact) mass is 163 g/mol. The molecule has 2 heterocycles. The Balaban J connectivity index is 2.84. The molecule has 0 atom stereocenters. The Bertz CT molecular complexity index is 408. The second-order valence-electron chi connectivity index (χ2n) is 2.44. The number of imidazole rings is 1. The molecule has 0 bridgehead atoms. The summed E-state index contributed by atoms with van der Waals surface area (Å²) in [5, 5.41) is 0. The number of anilines is 1. The molecule has 4 nitrogen and oxygen atoms in total. The van der Waals surface area contributed by atoms with E-state index in [0.717, 1.165) is 5.65 Å². The number of ether oxygens (including phenoxy) is 1. The highest BCUT2D eigenvalue weighted by atomic mass is 16.5. The molecule has 62 valence electrons. The van der Waals surface area contributed by atoms with Crippen LogP contribution in [0.4, 0.5) is 5.82 Å². The first-order valence-electron chi connectivity index (χ1n) is 3.59. The standard InChI is InChI=1S/C8H9N3O/c1-12-8-4-2-3-7-10-5-6(9)11(7)8/h2-5H,9H2,1H3. The van der Waals surface area contributed by atoms with Gasteiger partial charge in [0.25, 0.3) is 0 Å². The van der Waals surface area contributed by atoms with Gasteiger partial charge in [0.1, 0.15) is 11.5 Å². The smallest absolute Gasteiger partial charge is 0.200 e. The maximum absolute atomic E-state index is 5.67. The fourth-order valence-electron chi connectivity index (χ4n) is 1.19. The first-order chi connectivity index (χ1) is 5.83. The van der Waals surface area contributed by atoms with E-state index in [-0.39, 0.29) is 0 Å². The van der Waals surface area contributed by atoms with E-state index in [1.807, 2.05) is 18.2 Å². The van der Waals surface area contributed by atoms with Crippen LogP contribution in [0, 0.1) is 0 Å². The Kier molecular flexibility index (Phi) is 1.40. The summed E-state index contributed by atoms with van der Waals surface area (Å²) in [5.41, 5.74) is 6.47. The van der Waals surface area contributed by atoms with Crippen molar-refractivity contribution in [3.8, 4) is 5.88 Å². The lowest BCUT2D eigenvalue weighted by Crippen LogP contribution is -1.97. The number of pyridine rings is 1. The molecule has 2 N–H and O–H groups in total. The molecular formula is C8H9N3O. The molecule has 0 amide bonds. The first-order valence-corrected chi connectivity index (χ1v) is 3.59. The van der Waals surface area contributed by atoms with Crippen molar-refractivity contribution in [3.05, 3.63) is 24.4 Å². The molecule has 0 aliphatic carbocycles. The van der Waals surface area contributed by atoms with Crippen LogP contribution >= 0.6 is 0 Å². The van der Waals surface area contributed by atoms with Crippen molar-refractivity contribution in [2.75, 3.05) is 12.8 Å². The van der Waals surface area contributed by atoms with E-state index in [9.17, 15) is 0 Å². The summed E-state index contributed by atoms with van der Waals surface area (Å²) >= 11 is 0. The Morgan fingerprint density at radius 1 is 1.50 bits per heavy atom. The lowest BCUT2D eigenvalue weighted by Gasteiger charge is -2.03. The van der Waals surface area contributed by atoms with Gasteiger partial charge in [-0.15, -0.1) is 0 Å². The fourth-order valence-corrected chi connectivity index (χ4v) is 1.19. The van der Waals surface area contributed by atoms with E-state index in [1.54, 1.807) is 17.7 Å². The number of nitrogens with zero attached hydrogens (tertiary/aromatic N) is 2. The van der Waals surface area contributed by atoms with Crippen LogP contribution in [-0.4, -0.2) is 16.5 Å². The third-order valence-corrected chi connectivity index (χ3v) is 1.73. The summed E-state index contributed by atoms with van der Waals surface area (Å²) in [7, 11) is 1.61. The molecule has 2 aromatic rings. The fraction of sp³-hybridized carbons (Fsp3) is 0.125. The SMILES string of the molecule is COc1cccc2ncc(N)n12. The maximum Gasteiger partial charge on any atom is 0.200 e. The Hall–Kier alpha value is -1.71. The second kappa shape index (κ2) is 2.41. The van der Waals surface area contributed by atoms with Crippen LogP contribution in [0.25, 0.3) is 5.65 Å². The van der Waals surface area contributed by atoms with Gasteiger partial charge in [0, 0.05) is 0 Å².